The number of methoxy groups -OCH3 is 1. The average Bonchev–Trinajstić information content (AvgIpc) is 2.46. The Labute approximate surface area is 119 Å². The molecule has 2 N–H and O–H groups in total. The van der Waals surface area contributed by atoms with E-state index >= 15 is 0 Å². The Kier molecular flexibility index (Phi) is 4.71. The van der Waals surface area contributed by atoms with Crippen molar-refractivity contribution < 1.29 is 14.2 Å². The van der Waals surface area contributed by atoms with Crippen molar-refractivity contribution in [2.45, 2.75) is 13.5 Å². The Morgan fingerprint density at radius 1 is 0.900 bits per heavy atom. The second-order valence-electron chi connectivity index (χ2n) is 4.31. The molecule has 0 aliphatic rings. The topological polar surface area (TPSA) is 53.7 Å². The minimum absolute atomic E-state index is 0.440. The van der Waals surface area contributed by atoms with Gasteiger partial charge < -0.3 is 19.9 Å². The Hall–Kier alpha value is -2.36. The fourth-order valence-electron chi connectivity index (χ4n) is 1.85. The van der Waals surface area contributed by atoms with Crippen LogP contribution in [0.25, 0.3) is 0 Å². The molecule has 0 unspecified atom stereocenters. The summed E-state index contributed by atoms with van der Waals surface area (Å²) in [5.74, 6) is 2.36. The van der Waals surface area contributed by atoms with Crippen LogP contribution in [0.1, 0.15) is 12.5 Å². The van der Waals surface area contributed by atoms with Crippen LogP contribution in [0.2, 0.25) is 0 Å². The fraction of sp³-hybridized carbons (Fsp3) is 0.250. The lowest BCUT2D eigenvalue weighted by atomic mass is 10.2. The third-order valence-corrected chi connectivity index (χ3v) is 2.76. The Bertz CT molecular complexity index is 552. The Morgan fingerprint density at radius 2 is 1.55 bits per heavy atom. The van der Waals surface area contributed by atoms with Crippen molar-refractivity contribution in [1.82, 2.24) is 0 Å². The van der Waals surface area contributed by atoms with E-state index in [1.807, 2.05) is 43.3 Å². The second kappa shape index (κ2) is 6.70. The van der Waals surface area contributed by atoms with E-state index in [4.69, 9.17) is 19.9 Å². The van der Waals surface area contributed by atoms with E-state index in [0.29, 0.717) is 18.9 Å². The quantitative estimate of drug-likeness (QED) is 0.821. The molecule has 0 atom stereocenters. The zero-order chi connectivity index (χ0) is 14.4. The molecule has 0 radical (unpaired) electrons. The smallest absolute Gasteiger partial charge is 0.121 e. The number of anilines is 1. The number of nitrogens with two attached hydrogens (primary N) is 1. The van der Waals surface area contributed by atoms with Gasteiger partial charge in [-0.2, -0.15) is 0 Å². The third-order valence-electron chi connectivity index (χ3n) is 2.76. The maximum absolute atomic E-state index is 5.81. The number of ether oxygens (including phenoxy) is 3. The summed E-state index contributed by atoms with van der Waals surface area (Å²) in [4.78, 5) is 0. The van der Waals surface area contributed by atoms with Crippen LogP contribution in [0.15, 0.2) is 42.5 Å². The highest BCUT2D eigenvalue weighted by Crippen LogP contribution is 2.22. The number of nitrogen functional groups attached to an aromatic ring is 1. The van der Waals surface area contributed by atoms with Gasteiger partial charge in [-0.1, -0.05) is 0 Å². The molecule has 0 saturated carbocycles. The van der Waals surface area contributed by atoms with Crippen LogP contribution in [0.3, 0.4) is 0 Å². The molecule has 0 amide bonds. The highest BCUT2D eigenvalue weighted by Gasteiger charge is 2.01. The fourth-order valence-corrected chi connectivity index (χ4v) is 1.85. The molecule has 0 fully saturated rings. The zero-order valence-corrected chi connectivity index (χ0v) is 11.8. The van der Waals surface area contributed by atoms with Crippen LogP contribution in [0.5, 0.6) is 17.2 Å². The maximum atomic E-state index is 5.81. The summed E-state index contributed by atoms with van der Waals surface area (Å²) in [5.41, 5.74) is 7.44. The van der Waals surface area contributed by atoms with E-state index in [2.05, 4.69) is 0 Å². The lowest BCUT2D eigenvalue weighted by Gasteiger charge is -2.09. The van der Waals surface area contributed by atoms with Gasteiger partial charge in [0, 0.05) is 11.8 Å². The van der Waals surface area contributed by atoms with Crippen molar-refractivity contribution >= 4 is 5.69 Å². The highest BCUT2D eigenvalue weighted by molar-refractivity contribution is 5.47. The number of rotatable bonds is 6. The Morgan fingerprint density at radius 3 is 2.15 bits per heavy atom. The predicted octanol–water partition coefficient (Wildman–Crippen LogP) is 3.26. The predicted molar refractivity (Wildman–Crippen MR) is 79.3 cm³/mol. The van der Waals surface area contributed by atoms with Gasteiger partial charge in [-0.25, -0.2) is 0 Å². The van der Waals surface area contributed by atoms with Crippen LogP contribution in [0.4, 0.5) is 5.69 Å². The van der Waals surface area contributed by atoms with Crippen molar-refractivity contribution in [2.24, 2.45) is 0 Å². The maximum Gasteiger partial charge on any atom is 0.121 e. The van der Waals surface area contributed by atoms with E-state index in [9.17, 15) is 0 Å². The molecule has 20 heavy (non-hydrogen) atoms. The van der Waals surface area contributed by atoms with E-state index in [1.54, 1.807) is 13.2 Å². The standard InChI is InChI=1S/C16H19NO3/c1-3-19-14-4-6-15(7-5-14)20-11-12-8-13(17)10-16(9-12)18-2/h4-10H,3,11,17H2,1-2H3. The minimum atomic E-state index is 0.440. The van der Waals surface area contributed by atoms with Crippen molar-refractivity contribution in [3.8, 4) is 17.2 Å². The van der Waals surface area contributed by atoms with Gasteiger partial charge >= 0.3 is 0 Å². The van der Waals surface area contributed by atoms with Gasteiger partial charge in [0.05, 0.1) is 13.7 Å². The summed E-state index contributed by atoms with van der Waals surface area (Å²) in [5, 5.41) is 0. The van der Waals surface area contributed by atoms with Gasteiger partial charge in [0.25, 0.3) is 0 Å². The van der Waals surface area contributed by atoms with Crippen molar-refractivity contribution in [2.75, 3.05) is 19.5 Å². The third kappa shape index (κ3) is 3.82. The first kappa shape index (κ1) is 14.1. The molecule has 2 aromatic rings. The van der Waals surface area contributed by atoms with E-state index in [1.165, 1.54) is 0 Å². The molecule has 2 rings (SSSR count). The molecule has 0 saturated heterocycles. The van der Waals surface area contributed by atoms with Crippen LogP contribution in [-0.2, 0) is 6.61 Å². The van der Waals surface area contributed by atoms with Gasteiger partial charge in [0.15, 0.2) is 0 Å². The summed E-state index contributed by atoms with van der Waals surface area (Å²) < 4.78 is 16.3. The Balaban J connectivity index is 1.99. The first-order valence-corrected chi connectivity index (χ1v) is 6.50. The molecule has 4 heteroatoms. The number of benzene rings is 2. The van der Waals surface area contributed by atoms with Crippen molar-refractivity contribution in [3.63, 3.8) is 0 Å². The molecule has 0 aliphatic heterocycles. The lowest BCUT2D eigenvalue weighted by molar-refractivity contribution is 0.303. The largest absolute Gasteiger partial charge is 0.497 e. The van der Waals surface area contributed by atoms with Crippen molar-refractivity contribution in [1.29, 1.82) is 0 Å². The highest BCUT2D eigenvalue weighted by atomic mass is 16.5. The lowest BCUT2D eigenvalue weighted by Crippen LogP contribution is -1.98. The first-order chi connectivity index (χ1) is 9.71. The summed E-state index contributed by atoms with van der Waals surface area (Å²) in [7, 11) is 1.62. The molecule has 0 spiro atoms. The average molecular weight is 273 g/mol. The van der Waals surface area contributed by atoms with Crippen LogP contribution < -0.4 is 19.9 Å². The first-order valence-electron chi connectivity index (χ1n) is 6.50. The van der Waals surface area contributed by atoms with Crippen LogP contribution in [0, 0.1) is 0 Å². The summed E-state index contributed by atoms with van der Waals surface area (Å²) >= 11 is 0. The molecule has 106 valence electrons. The van der Waals surface area contributed by atoms with Crippen LogP contribution in [-0.4, -0.2) is 13.7 Å². The SMILES string of the molecule is CCOc1ccc(OCc2cc(N)cc(OC)c2)cc1. The molecular formula is C16H19NO3. The summed E-state index contributed by atoms with van der Waals surface area (Å²) in [6.07, 6.45) is 0. The van der Waals surface area contributed by atoms with E-state index in [0.717, 1.165) is 22.8 Å². The van der Waals surface area contributed by atoms with Gasteiger partial charge in [0.2, 0.25) is 0 Å². The molecule has 0 aliphatic carbocycles. The van der Waals surface area contributed by atoms with Crippen molar-refractivity contribution in [3.05, 3.63) is 48.0 Å². The molecular weight excluding hydrogens is 254 g/mol. The van der Waals surface area contributed by atoms with E-state index in [-0.39, 0.29) is 0 Å². The minimum Gasteiger partial charge on any atom is -0.497 e. The van der Waals surface area contributed by atoms with Gasteiger partial charge in [0.1, 0.15) is 23.9 Å². The molecule has 4 nitrogen and oxygen atoms in total. The molecule has 0 bridgehead atoms. The van der Waals surface area contributed by atoms with Gasteiger partial charge in [-0.3, -0.25) is 0 Å². The second-order valence-corrected chi connectivity index (χ2v) is 4.31. The molecule has 0 aromatic heterocycles. The van der Waals surface area contributed by atoms with Crippen LogP contribution >= 0.6 is 0 Å². The summed E-state index contributed by atoms with van der Waals surface area (Å²) in [6, 6.07) is 13.1. The monoisotopic (exact) mass is 273 g/mol. The zero-order valence-electron chi connectivity index (χ0n) is 11.8. The summed E-state index contributed by atoms with van der Waals surface area (Å²) in [6.45, 7) is 3.05. The van der Waals surface area contributed by atoms with Gasteiger partial charge in [-0.15, -0.1) is 0 Å². The van der Waals surface area contributed by atoms with E-state index < -0.39 is 0 Å². The number of hydrogen-bond acceptors (Lipinski definition) is 4. The molecule has 2 aromatic carbocycles. The number of hydrogen-bond donors (Lipinski definition) is 1. The normalized spacial score (nSPS) is 10.1. The molecule has 0 heterocycles. The van der Waals surface area contributed by atoms with Gasteiger partial charge in [-0.05, 0) is 48.9 Å².